The summed E-state index contributed by atoms with van der Waals surface area (Å²) < 4.78 is 12.8. The van der Waals surface area contributed by atoms with Crippen molar-refractivity contribution in [3.8, 4) is 0 Å². The van der Waals surface area contributed by atoms with E-state index in [0.717, 1.165) is 0 Å². The van der Waals surface area contributed by atoms with Gasteiger partial charge in [-0.25, -0.2) is 4.39 Å². The highest BCUT2D eigenvalue weighted by Crippen LogP contribution is 2.26. The molecule has 0 spiro atoms. The first-order chi connectivity index (χ1) is 6.16. The summed E-state index contributed by atoms with van der Waals surface area (Å²) in [6, 6.07) is 3.91. The number of halogens is 1. The summed E-state index contributed by atoms with van der Waals surface area (Å²) >= 11 is 0. The number of hydrogen-bond donors (Lipinski definition) is 2. The fourth-order valence-electron chi connectivity index (χ4n) is 1.28. The number of hydrogen-bond acceptors (Lipinski definition) is 2. The van der Waals surface area contributed by atoms with Crippen LogP contribution in [-0.4, -0.2) is 11.9 Å². The van der Waals surface area contributed by atoms with Crippen molar-refractivity contribution in [1.29, 1.82) is 0 Å². The van der Waals surface area contributed by atoms with E-state index in [4.69, 9.17) is 0 Å². The molecule has 1 atom stereocenters. The molecule has 0 radical (unpaired) electrons. The molecule has 0 aliphatic carbocycles. The Morgan fingerprint density at radius 1 is 1.38 bits per heavy atom. The van der Waals surface area contributed by atoms with Gasteiger partial charge in [-0.05, 0) is 25.1 Å². The van der Waals surface area contributed by atoms with E-state index in [-0.39, 0.29) is 17.8 Å². The number of carbonyl (C=O) groups excluding carboxylic acids is 1. The molecule has 1 amide bonds. The van der Waals surface area contributed by atoms with Gasteiger partial charge in [0.15, 0.2) is 0 Å². The van der Waals surface area contributed by atoms with Crippen LogP contribution in [-0.2, 0) is 4.79 Å². The van der Waals surface area contributed by atoms with Gasteiger partial charge in [0, 0.05) is 0 Å². The molecule has 0 aromatic heterocycles. The molecule has 0 fully saturated rings. The molecule has 1 heterocycles. The topological polar surface area (TPSA) is 41.1 Å². The van der Waals surface area contributed by atoms with Gasteiger partial charge in [0.1, 0.15) is 11.9 Å². The van der Waals surface area contributed by atoms with Crippen molar-refractivity contribution in [3.63, 3.8) is 0 Å². The Hall–Kier alpha value is -1.58. The van der Waals surface area contributed by atoms with Crippen LogP contribution in [0.3, 0.4) is 0 Å². The van der Waals surface area contributed by atoms with E-state index < -0.39 is 0 Å². The minimum Gasteiger partial charge on any atom is -0.372 e. The first-order valence-corrected chi connectivity index (χ1v) is 4.04. The van der Waals surface area contributed by atoms with Crippen LogP contribution in [0.5, 0.6) is 0 Å². The largest absolute Gasteiger partial charge is 0.372 e. The van der Waals surface area contributed by atoms with E-state index >= 15 is 0 Å². The number of carbonyl (C=O) groups is 1. The molecule has 0 saturated heterocycles. The Morgan fingerprint density at radius 3 is 2.92 bits per heavy atom. The smallest absolute Gasteiger partial charge is 0.246 e. The highest BCUT2D eigenvalue weighted by Gasteiger charge is 2.20. The molecule has 1 aromatic carbocycles. The van der Waals surface area contributed by atoms with E-state index in [2.05, 4.69) is 10.6 Å². The van der Waals surface area contributed by atoms with E-state index in [0.29, 0.717) is 11.4 Å². The van der Waals surface area contributed by atoms with Crippen molar-refractivity contribution in [3.05, 3.63) is 24.0 Å². The molecule has 0 saturated carbocycles. The Bertz CT molecular complexity index is 365. The van der Waals surface area contributed by atoms with Crippen molar-refractivity contribution in [2.45, 2.75) is 13.0 Å². The third-order valence-electron chi connectivity index (χ3n) is 2.00. The van der Waals surface area contributed by atoms with Crippen LogP contribution in [0, 0.1) is 5.82 Å². The fourth-order valence-corrected chi connectivity index (χ4v) is 1.28. The van der Waals surface area contributed by atoms with Crippen LogP contribution >= 0.6 is 0 Å². The molecule has 3 nitrogen and oxygen atoms in total. The van der Waals surface area contributed by atoms with Crippen molar-refractivity contribution < 1.29 is 9.18 Å². The molecule has 2 N–H and O–H groups in total. The predicted octanol–water partition coefficient (Wildman–Crippen LogP) is 1.58. The van der Waals surface area contributed by atoms with Gasteiger partial charge in [-0.2, -0.15) is 0 Å². The number of nitrogens with one attached hydrogen (secondary N) is 2. The standard InChI is InChI=1S/C9H9FN2O/c1-5-9(13)12-7-3-2-6(10)4-8(7)11-5/h2-5,11H,1H3,(H,12,13)/t5-/m1/s1. The monoisotopic (exact) mass is 180 g/mol. The Morgan fingerprint density at radius 2 is 2.15 bits per heavy atom. The minimum atomic E-state index is -0.311. The molecule has 2 rings (SSSR count). The highest BCUT2D eigenvalue weighted by molar-refractivity contribution is 6.02. The van der Waals surface area contributed by atoms with Crippen LogP contribution in [0.25, 0.3) is 0 Å². The van der Waals surface area contributed by atoms with Crippen LogP contribution in [0.2, 0.25) is 0 Å². The maximum absolute atomic E-state index is 12.8. The third kappa shape index (κ3) is 1.35. The summed E-state index contributed by atoms with van der Waals surface area (Å²) in [5.41, 5.74) is 1.26. The molecule has 0 unspecified atom stereocenters. The lowest BCUT2D eigenvalue weighted by Gasteiger charge is -2.23. The maximum Gasteiger partial charge on any atom is 0.246 e. The zero-order chi connectivity index (χ0) is 9.42. The quantitative estimate of drug-likeness (QED) is 0.636. The summed E-state index contributed by atoms with van der Waals surface area (Å²) in [7, 11) is 0. The molecular formula is C9H9FN2O. The van der Waals surface area contributed by atoms with Gasteiger partial charge in [0.2, 0.25) is 5.91 Å². The second-order valence-corrected chi connectivity index (χ2v) is 3.05. The van der Waals surface area contributed by atoms with Crippen LogP contribution in [0.4, 0.5) is 15.8 Å². The van der Waals surface area contributed by atoms with E-state index in [1.54, 1.807) is 13.0 Å². The van der Waals surface area contributed by atoms with Crippen molar-refractivity contribution in [1.82, 2.24) is 0 Å². The number of rotatable bonds is 0. The molecule has 13 heavy (non-hydrogen) atoms. The molecule has 4 heteroatoms. The van der Waals surface area contributed by atoms with E-state index in [9.17, 15) is 9.18 Å². The van der Waals surface area contributed by atoms with E-state index in [1.807, 2.05) is 0 Å². The molecule has 68 valence electrons. The molecule has 1 aromatic rings. The fraction of sp³-hybridized carbons (Fsp3) is 0.222. The number of fused-ring (bicyclic) bond motifs is 1. The first-order valence-electron chi connectivity index (χ1n) is 4.04. The summed E-state index contributed by atoms with van der Waals surface area (Å²) in [5.74, 6) is -0.409. The van der Waals surface area contributed by atoms with Crippen LogP contribution in [0.1, 0.15) is 6.92 Å². The highest BCUT2D eigenvalue weighted by atomic mass is 19.1. The van der Waals surface area contributed by atoms with Gasteiger partial charge in [-0.1, -0.05) is 0 Å². The first kappa shape index (κ1) is 8.04. The normalized spacial score (nSPS) is 20.2. The lowest BCUT2D eigenvalue weighted by Crippen LogP contribution is -2.36. The van der Waals surface area contributed by atoms with Gasteiger partial charge < -0.3 is 10.6 Å². The van der Waals surface area contributed by atoms with Gasteiger partial charge in [-0.3, -0.25) is 4.79 Å². The second kappa shape index (κ2) is 2.73. The Labute approximate surface area is 74.9 Å². The Kier molecular flexibility index (Phi) is 1.69. The number of anilines is 2. The molecule has 0 bridgehead atoms. The Balaban J connectivity index is 2.42. The second-order valence-electron chi connectivity index (χ2n) is 3.05. The zero-order valence-corrected chi connectivity index (χ0v) is 7.10. The van der Waals surface area contributed by atoms with Gasteiger partial charge in [0.25, 0.3) is 0 Å². The van der Waals surface area contributed by atoms with Gasteiger partial charge >= 0.3 is 0 Å². The minimum absolute atomic E-state index is 0.0980. The van der Waals surface area contributed by atoms with Crippen molar-refractivity contribution in [2.75, 3.05) is 10.6 Å². The molecular weight excluding hydrogens is 171 g/mol. The summed E-state index contributed by atoms with van der Waals surface area (Å²) in [5, 5.41) is 5.57. The zero-order valence-electron chi connectivity index (χ0n) is 7.10. The predicted molar refractivity (Wildman–Crippen MR) is 48.1 cm³/mol. The summed E-state index contributed by atoms with van der Waals surface area (Å²) in [6.07, 6.45) is 0. The average molecular weight is 180 g/mol. The number of amides is 1. The summed E-state index contributed by atoms with van der Waals surface area (Å²) in [4.78, 5) is 11.2. The van der Waals surface area contributed by atoms with Crippen molar-refractivity contribution in [2.24, 2.45) is 0 Å². The van der Waals surface area contributed by atoms with Crippen LogP contribution < -0.4 is 10.6 Å². The van der Waals surface area contributed by atoms with E-state index in [1.165, 1.54) is 12.1 Å². The van der Waals surface area contributed by atoms with Gasteiger partial charge in [0.05, 0.1) is 11.4 Å². The lowest BCUT2D eigenvalue weighted by molar-refractivity contribution is -0.116. The third-order valence-corrected chi connectivity index (χ3v) is 2.00. The van der Waals surface area contributed by atoms with Crippen LogP contribution in [0.15, 0.2) is 18.2 Å². The average Bonchev–Trinajstić information content (AvgIpc) is 2.08. The molecule has 1 aliphatic heterocycles. The summed E-state index contributed by atoms with van der Waals surface area (Å²) in [6.45, 7) is 1.73. The van der Waals surface area contributed by atoms with Gasteiger partial charge in [-0.15, -0.1) is 0 Å². The maximum atomic E-state index is 12.8. The number of benzene rings is 1. The lowest BCUT2D eigenvalue weighted by atomic mass is 10.1. The SMILES string of the molecule is C[C@H]1Nc2cc(F)ccc2NC1=O. The molecule has 1 aliphatic rings. The van der Waals surface area contributed by atoms with Crippen molar-refractivity contribution >= 4 is 17.3 Å².